The molecule has 2 N–H and O–H groups in total. The van der Waals surface area contributed by atoms with Crippen molar-refractivity contribution in [1.82, 2.24) is 24.5 Å². The van der Waals surface area contributed by atoms with Gasteiger partial charge in [0.1, 0.15) is 10.8 Å². The third-order valence-corrected chi connectivity index (χ3v) is 5.77. The molecule has 10 heteroatoms. The molecule has 1 saturated heterocycles. The number of hydrogen-bond acceptors (Lipinski definition) is 7. The van der Waals surface area contributed by atoms with E-state index in [4.69, 9.17) is 4.74 Å². The van der Waals surface area contributed by atoms with Crippen LogP contribution in [0.5, 0.6) is 5.75 Å². The van der Waals surface area contributed by atoms with E-state index in [9.17, 15) is 9.59 Å². The van der Waals surface area contributed by atoms with Gasteiger partial charge in [0.05, 0.1) is 25.5 Å². The predicted molar refractivity (Wildman–Crippen MR) is 116 cm³/mol. The van der Waals surface area contributed by atoms with E-state index in [1.54, 1.807) is 13.3 Å². The van der Waals surface area contributed by atoms with Crippen molar-refractivity contribution in [2.45, 2.75) is 25.3 Å². The number of likely N-dealkylation sites (tertiary alicyclic amines) is 1. The molecule has 0 radical (unpaired) electrons. The summed E-state index contributed by atoms with van der Waals surface area (Å²) in [5.74, 6) is 0.615. The number of anilines is 1. The molecule has 0 spiro atoms. The second-order valence-corrected chi connectivity index (χ2v) is 8.44. The molecule has 2 unspecified atom stereocenters. The molecule has 2 atom stereocenters. The monoisotopic (exact) mass is 432 g/mol. The topological polar surface area (TPSA) is 99.7 Å². The maximum atomic E-state index is 12.6. The van der Waals surface area contributed by atoms with E-state index in [-0.39, 0.29) is 23.9 Å². The van der Waals surface area contributed by atoms with Crippen molar-refractivity contribution in [2.24, 2.45) is 0 Å². The summed E-state index contributed by atoms with van der Waals surface area (Å²) in [7, 11) is 5.34. The minimum absolute atomic E-state index is 0.0709. The summed E-state index contributed by atoms with van der Waals surface area (Å²) in [5.41, 5.74) is 1.68. The molecule has 2 aromatic rings. The number of methoxy groups -OCH3 is 1. The lowest BCUT2D eigenvalue weighted by molar-refractivity contribution is -0.133. The number of hydrogen-bond donors (Lipinski definition) is 2. The first-order chi connectivity index (χ1) is 14.4. The summed E-state index contributed by atoms with van der Waals surface area (Å²) in [4.78, 5) is 33.4. The summed E-state index contributed by atoms with van der Waals surface area (Å²) in [6.45, 7) is 3.32. The molecule has 3 rings (SSSR count). The third kappa shape index (κ3) is 5.67. The SMILES string of the molecule is COc1ccc(C2CN(C(=O)CN(C)C)CCC2NC(=O)Nc2cc(C)ns2)nc1. The van der Waals surface area contributed by atoms with Gasteiger partial charge in [-0.1, -0.05) is 0 Å². The van der Waals surface area contributed by atoms with Gasteiger partial charge in [0.25, 0.3) is 0 Å². The number of likely N-dealkylation sites (N-methyl/N-ethyl adjacent to an activating group) is 1. The van der Waals surface area contributed by atoms with Crippen LogP contribution in [0.4, 0.5) is 9.80 Å². The zero-order chi connectivity index (χ0) is 21.7. The number of carbonyl (C=O) groups is 2. The maximum absolute atomic E-state index is 12.6. The average molecular weight is 433 g/mol. The van der Waals surface area contributed by atoms with Crippen LogP contribution < -0.4 is 15.4 Å². The van der Waals surface area contributed by atoms with Crippen LogP contribution >= 0.6 is 11.5 Å². The van der Waals surface area contributed by atoms with Crippen LogP contribution in [0.1, 0.15) is 23.7 Å². The Labute approximate surface area is 180 Å². The number of ether oxygens (including phenoxy) is 1. The summed E-state index contributed by atoms with van der Waals surface area (Å²) < 4.78 is 9.38. The van der Waals surface area contributed by atoms with Gasteiger partial charge in [-0.25, -0.2) is 4.79 Å². The minimum atomic E-state index is -0.282. The molecule has 3 amide bonds. The quantitative estimate of drug-likeness (QED) is 0.724. The number of amides is 3. The zero-order valence-electron chi connectivity index (χ0n) is 17.7. The molecule has 1 fully saturated rings. The van der Waals surface area contributed by atoms with Crippen LogP contribution in [0.15, 0.2) is 24.4 Å². The number of carbonyl (C=O) groups excluding carboxylic acids is 2. The lowest BCUT2D eigenvalue weighted by atomic mass is 9.88. The first kappa shape index (κ1) is 22.0. The molecule has 0 aromatic carbocycles. The van der Waals surface area contributed by atoms with Crippen LogP contribution in [0.2, 0.25) is 0 Å². The largest absolute Gasteiger partial charge is 0.495 e. The van der Waals surface area contributed by atoms with Crippen molar-refractivity contribution >= 4 is 28.5 Å². The Hall–Kier alpha value is -2.72. The van der Waals surface area contributed by atoms with Crippen molar-refractivity contribution in [1.29, 1.82) is 0 Å². The van der Waals surface area contributed by atoms with Crippen molar-refractivity contribution in [3.05, 3.63) is 35.8 Å². The molecule has 0 saturated carbocycles. The van der Waals surface area contributed by atoms with Gasteiger partial charge < -0.3 is 19.9 Å². The lowest BCUT2D eigenvalue weighted by Crippen LogP contribution is -2.53. The Balaban J connectivity index is 1.74. The van der Waals surface area contributed by atoms with Gasteiger partial charge >= 0.3 is 6.03 Å². The number of rotatable bonds is 6. The predicted octanol–water partition coefficient (Wildman–Crippen LogP) is 1.92. The van der Waals surface area contributed by atoms with Crippen LogP contribution in [-0.2, 0) is 4.79 Å². The second kappa shape index (κ2) is 9.86. The first-order valence-electron chi connectivity index (χ1n) is 9.79. The number of aromatic nitrogens is 2. The molecule has 3 heterocycles. The van der Waals surface area contributed by atoms with Crippen molar-refractivity contribution in [3.63, 3.8) is 0 Å². The van der Waals surface area contributed by atoms with Gasteiger partial charge in [-0.15, -0.1) is 0 Å². The van der Waals surface area contributed by atoms with Gasteiger partial charge in [0, 0.05) is 30.7 Å². The smallest absolute Gasteiger partial charge is 0.320 e. The molecule has 2 aromatic heterocycles. The molecule has 1 aliphatic rings. The molecule has 0 bridgehead atoms. The lowest BCUT2D eigenvalue weighted by Gasteiger charge is -2.39. The van der Waals surface area contributed by atoms with Crippen LogP contribution in [0.3, 0.4) is 0 Å². The first-order valence-corrected chi connectivity index (χ1v) is 10.6. The summed E-state index contributed by atoms with van der Waals surface area (Å²) >= 11 is 1.25. The van der Waals surface area contributed by atoms with E-state index in [0.29, 0.717) is 36.8 Å². The Morgan fingerprint density at radius 3 is 2.77 bits per heavy atom. The van der Waals surface area contributed by atoms with Gasteiger partial charge in [0.2, 0.25) is 5.91 Å². The fraction of sp³-hybridized carbons (Fsp3) is 0.500. The van der Waals surface area contributed by atoms with Crippen LogP contribution in [-0.4, -0.2) is 78.0 Å². The summed E-state index contributed by atoms with van der Waals surface area (Å²) in [6.07, 6.45) is 2.31. The van der Waals surface area contributed by atoms with Gasteiger partial charge in [-0.2, -0.15) is 4.37 Å². The van der Waals surface area contributed by atoms with Crippen molar-refractivity contribution < 1.29 is 14.3 Å². The fourth-order valence-electron chi connectivity index (χ4n) is 3.49. The van der Waals surface area contributed by atoms with E-state index in [1.165, 1.54) is 11.5 Å². The van der Waals surface area contributed by atoms with Gasteiger partial charge in [-0.3, -0.25) is 15.1 Å². The van der Waals surface area contributed by atoms with E-state index < -0.39 is 0 Å². The molecule has 9 nitrogen and oxygen atoms in total. The van der Waals surface area contributed by atoms with Crippen molar-refractivity contribution in [3.8, 4) is 5.75 Å². The minimum Gasteiger partial charge on any atom is -0.495 e. The molecule has 30 heavy (non-hydrogen) atoms. The Morgan fingerprint density at radius 1 is 1.37 bits per heavy atom. The van der Waals surface area contributed by atoms with Crippen molar-refractivity contribution in [2.75, 3.05) is 46.2 Å². The highest BCUT2D eigenvalue weighted by Gasteiger charge is 2.34. The number of nitrogens with one attached hydrogen (secondary N) is 2. The van der Waals surface area contributed by atoms with E-state index in [2.05, 4.69) is 20.0 Å². The van der Waals surface area contributed by atoms with E-state index in [1.807, 2.05) is 49.0 Å². The molecule has 0 aliphatic carbocycles. The van der Waals surface area contributed by atoms with E-state index >= 15 is 0 Å². The Morgan fingerprint density at radius 2 is 2.17 bits per heavy atom. The highest BCUT2D eigenvalue weighted by atomic mass is 32.1. The number of aryl methyl sites for hydroxylation is 1. The van der Waals surface area contributed by atoms with E-state index in [0.717, 1.165) is 11.4 Å². The number of nitrogens with zero attached hydrogens (tertiary/aromatic N) is 4. The highest BCUT2D eigenvalue weighted by Crippen LogP contribution is 2.28. The Bertz CT molecular complexity index is 870. The zero-order valence-corrected chi connectivity index (χ0v) is 18.5. The summed E-state index contributed by atoms with van der Waals surface area (Å²) in [5, 5.41) is 6.60. The average Bonchev–Trinajstić information content (AvgIpc) is 3.12. The standard InChI is InChI=1S/C20H28N6O3S/c1-13-9-18(30-24-13)23-20(28)22-17-7-8-26(19(27)12-25(2)3)11-15(17)16-6-5-14(29-4)10-21-16/h5-6,9-10,15,17H,7-8,11-12H2,1-4H3,(H2,22,23,28). The normalized spacial score (nSPS) is 18.9. The van der Waals surface area contributed by atoms with Gasteiger partial charge in [-0.05, 0) is 57.2 Å². The molecule has 162 valence electrons. The van der Waals surface area contributed by atoms with Crippen LogP contribution in [0.25, 0.3) is 0 Å². The number of pyridine rings is 1. The van der Waals surface area contributed by atoms with Gasteiger partial charge in [0.15, 0.2) is 0 Å². The molecule has 1 aliphatic heterocycles. The fourth-order valence-corrected chi connectivity index (χ4v) is 4.15. The summed E-state index contributed by atoms with van der Waals surface area (Å²) in [6, 6.07) is 5.14. The second-order valence-electron chi connectivity index (χ2n) is 7.63. The molecular formula is C20H28N6O3S. The number of piperidine rings is 1. The molecular weight excluding hydrogens is 404 g/mol. The third-order valence-electron chi connectivity index (χ3n) is 4.97. The van der Waals surface area contributed by atoms with Crippen LogP contribution in [0, 0.1) is 6.92 Å². The maximum Gasteiger partial charge on any atom is 0.320 e. The Kier molecular flexibility index (Phi) is 7.22. The number of urea groups is 1. The highest BCUT2D eigenvalue weighted by molar-refractivity contribution is 7.10.